The van der Waals surface area contributed by atoms with Crippen LogP contribution in [0.3, 0.4) is 0 Å². The minimum Gasteiger partial charge on any atom is -0.453 e. The number of ether oxygens (including phenoxy) is 13. The highest BCUT2D eigenvalue weighted by molar-refractivity contribution is 7.99. The smallest absolute Gasteiger partial charge is 0.338 e. The Morgan fingerprint density at radius 1 is 0.411 bits per heavy atom. The molecule has 4 fully saturated rings. The third-order valence-electron chi connectivity index (χ3n) is 18.4. The molecule has 6 aromatic carbocycles. The van der Waals surface area contributed by atoms with Crippen LogP contribution in [-0.4, -0.2) is 134 Å². The maximum Gasteiger partial charge on any atom is 0.338 e. The van der Waals surface area contributed by atoms with Crippen LogP contribution in [-0.2, 0) is 88.0 Å². The lowest BCUT2D eigenvalue weighted by Gasteiger charge is -2.49. The number of carbonyl (C=O) groups is 2. The Bertz CT molecular complexity index is 3100. The van der Waals surface area contributed by atoms with Gasteiger partial charge in [-0.3, -0.25) is 0 Å². The molecule has 4 aliphatic rings. The van der Waals surface area contributed by atoms with Crippen molar-refractivity contribution < 1.29 is 76.3 Å². The Hall–Kier alpha value is -5.01. The van der Waals surface area contributed by atoms with Gasteiger partial charge in [0.15, 0.2) is 31.1 Å². The summed E-state index contributed by atoms with van der Waals surface area (Å²) in [5, 5.41) is 10.7. The molecule has 4 heterocycles. The summed E-state index contributed by atoms with van der Waals surface area (Å²) in [7, 11) is 5.00. The van der Waals surface area contributed by atoms with Crippen molar-refractivity contribution in [2.45, 2.75) is 174 Å². The van der Waals surface area contributed by atoms with E-state index >= 15 is 0 Å². The lowest BCUT2D eigenvalue weighted by molar-refractivity contribution is -0.343. The molecule has 6 aromatic rings. The van der Waals surface area contributed by atoms with Crippen molar-refractivity contribution in [1.82, 2.24) is 0 Å². The van der Waals surface area contributed by atoms with E-state index in [1.165, 1.54) is 5.56 Å². The van der Waals surface area contributed by atoms with Gasteiger partial charge in [-0.2, -0.15) is 0 Å². The molecule has 0 aromatic heterocycles. The molecule has 516 valence electrons. The van der Waals surface area contributed by atoms with Gasteiger partial charge in [0.2, 0.25) is 0 Å². The number of rotatable bonds is 26. The summed E-state index contributed by atoms with van der Waals surface area (Å²) in [5.74, 6) is 0.870. The Kier molecular flexibility index (Phi) is 31.5. The first-order valence-electron chi connectivity index (χ1n) is 33.4. The second-order valence-electron chi connectivity index (χ2n) is 24.9. The molecule has 10 rings (SSSR count). The van der Waals surface area contributed by atoms with Gasteiger partial charge < -0.3 is 66.7 Å². The summed E-state index contributed by atoms with van der Waals surface area (Å²) in [6, 6.07) is 57.9. The van der Waals surface area contributed by atoms with Crippen molar-refractivity contribution in [2.75, 3.05) is 31.7 Å². The first kappa shape index (κ1) is 75.8. The quantitative estimate of drug-likeness (QED) is 0.0401. The van der Waals surface area contributed by atoms with E-state index in [0.717, 1.165) is 22.4 Å². The van der Waals surface area contributed by atoms with E-state index < -0.39 is 67.4 Å². The fourth-order valence-corrected chi connectivity index (χ4v) is 13.6. The van der Waals surface area contributed by atoms with Crippen LogP contribution in [0, 0.1) is 35.5 Å². The number of carbonyl (C=O) groups excluding carboxylic acids is 2. The average Bonchev–Trinajstić information content (AvgIpc) is 0.807. The van der Waals surface area contributed by atoms with E-state index in [1.807, 2.05) is 135 Å². The molecule has 0 aliphatic carbocycles. The standard InChI is InChI=1S/C37H47O8P.C22H27O6P.C17H26O2S/c1-24-25(2)33(40-21-29-16-10-6-11-17-29)37(42-27(24)4)45-32-26(3)34(44-35(38)30-18-12-7-13-19-30)36(41-23-46)43-31(32)22-39-20-28-14-8-5-9-15-28;1-15-19(23)18(13-25-12-16-8-4-2-5-9-16)27-22(26-14-29)20(15)28-21(24)17-10-6-3-7-11-17;1-5-20-17-16(13(3)12(2)14(4)19-17)18-11-15-9-7-6-8-10-15/h5-19,24-27,31-34,36-37H,20-23,46H2,1-4H3;2-11,15,18-20,22-23H,12-14,29H2,1H3;6-10,12-14,16-17H,5,11H2,1-4H3/t24-,25+,26+,27?,31?,32+,33?,34?,36-,37-;15-,18?,19-,20?,22+;12-,13+,14?,16?,17+/m101/s1. The lowest BCUT2D eigenvalue weighted by atomic mass is 9.83. The van der Waals surface area contributed by atoms with Gasteiger partial charge in [0, 0.05) is 11.8 Å². The Morgan fingerprint density at radius 3 is 1.23 bits per heavy atom. The predicted molar refractivity (Wildman–Crippen MR) is 375 cm³/mol. The second-order valence-corrected chi connectivity index (χ2v) is 26.9. The van der Waals surface area contributed by atoms with Crippen LogP contribution in [0.25, 0.3) is 0 Å². The zero-order valence-electron chi connectivity index (χ0n) is 56.4. The summed E-state index contributed by atoms with van der Waals surface area (Å²) in [5.41, 5.74) is 5.44. The number of thioether (sulfide) groups is 1. The molecule has 16 nitrogen and oxygen atoms in total. The molecule has 4 aliphatic heterocycles. The van der Waals surface area contributed by atoms with Gasteiger partial charge in [0.25, 0.3) is 0 Å². The van der Waals surface area contributed by atoms with E-state index in [-0.39, 0.29) is 60.6 Å². The molecular weight excluding hydrogens is 1260 g/mol. The first-order chi connectivity index (χ1) is 46.1. The van der Waals surface area contributed by atoms with E-state index in [2.05, 4.69) is 91.2 Å². The number of aliphatic hydroxyl groups is 1. The maximum absolute atomic E-state index is 13.3. The van der Waals surface area contributed by atoms with Crippen molar-refractivity contribution in [3.05, 3.63) is 215 Å². The van der Waals surface area contributed by atoms with Crippen LogP contribution >= 0.6 is 30.2 Å². The first-order valence-corrected chi connectivity index (χ1v) is 36.0. The molecule has 0 radical (unpaired) electrons. The van der Waals surface area contributed by atoms with Gasteiger partial charge in [0.1, 0.15) is 23.7 Å². The number of benzene rings is 6. The molecule has 0 saturated carbocycles. The highest BCUT2D eigenvalue weighted by Gasteiger charge is 2.51. The Labute approximate surface area is 572 Å². The zero-order chi connectivity index (χ0) is 67.6. The van der Waals surface area contributed by atoms with Crippen LogP contribution < -0.4 is 0 Å². The van der Waals surface area contributed by atoms with Crippen LogP contribution in [0.5, 0.6) is 0 Å². The fraction of sp³-hybridized carbons (Fsp3) is 0.500. The van der Waals surface area contributed by atoms with Crippen molar-refractivity contribution in [3.8, 4) is 0 Å². The van der Waals surface area contributed by atoms with Gasteiger partial charge in [-0.05, 0) is 89.8 Å². The highest BCUT2D eigenvalue weighted by atomic mass is 32.2. The van der Waals surface area contributed by atoms with E-state index in [0.29, 0.717) is 68.2 Å². The highest BCUT2D eigenvalue weighted by Crippen LogP contribution is 2.40. The molecule has 19 heteroatoms. The fourth-order valence-electron chi connectivity index (χ4n) is 12.1. The van der Waals surface area contributed by atoms with Crippen LogP contribution in [0.4, 0.5) is 0 Å². The van der Waals surface area contributed by atoms with Crippen molar-refractivity contribution in [2.24, 2.45) is 35.5 Å². The van der Waals surface area contributed by atoms with Crippen molar-refractivity contribution in [1.29, 1.82) is 0 Å². The monoisotopic (exact) mass is 1360 g/mol. The normalized spacial score (nSPS) is 30.5. The summed E-state index contributed by atoms with van der Waals surface area (Å²) in [6.45, 7) is 21.5. The molecule has 0 amide bonds. The minimum absolute atomic E-state index is 0.0518. The predicted octanol–water partition coefficient (Wildman–Crippen LogP) is 14.0. The zero-order valence-corrected chi connectivity index (χ0v) is 59.5. The SMILES string of the molecule is CC1O[C@H](O[C@@H]2C(COCc3ccccc3)O[C@@H](OCP)C(OC(=O)c3ccccc3)[C@H]2C)C(OCc2ccccc2)[C@@H](C)[C@H]1C.CCS[C@@H]1OC(C)[C@H](C)[C@H](C)C1OCc1ccccc1.C[C@@H]1C(OC(=O)c2ccccc2)[C@H](OCP)OC(COCc2ccccc2)[C@H]1O. The molecule has 1 N–H and O–H groups in total. The molecule has 22 atom stereocenters. The van der Waals surface area contributed by atoms with Gasteiger partial charge in [-0.1, -0.05) is 206 Å². The summed E-state index contributed by atoms with van der Waals surface area (Å²) >= 11 is 1.86. The second kappa shape index (κ2) is 39.5. The van der Waals surface area contributed by atoms with E-state index in [4.69, 9.17) is 61.6 Å². The molecular formula is C76H100O16P2S. The summed E-state index contributed by atoms with van der Waals surface area (Å²) in [6.07, 6.45) is -5.59. The molecule has 10 unspecified atom stereocenters. The van der Waals surface area contributed by atoms with Gasteiger partial charge in [0.05, 0.1) is 94.0 Å². The number of esters is 2. The van der Waals surface area contributed by atoms with E-state index in [9.17, 15) is 14.7 Å². The van der Waals surface area contributed by atoms with Gasteiger partial charge in [-0.15, -0.1) is 30.2 Å². The average molecular weight is 1360 g/mol. The largest absolute Gasteiger partial charge is 0.453 e. The topological polar surface area (TPSA) is 174 Å². The molecule has 4 saturated heterocycles. The summed E-state index contributed by atoms with van der Waals surface area (Å²) < 4.78 is 80.0. The molecule has 95 heavy (non-hydrogen) atoms. The summed E-state index contributed by atoms with van der Waals surface area (Å²) in [4.78, 5) is 25.7. The van der Waals surface area contributed by atoms with Crippen molar-refractivity contribution in [3.63, 3.8) is 0 Å². The number of aliphatic hydroxyl groups excluding tert-OH is 1. The van der Waals surface area contributed by atoms with E-state index in [1.54, 1.807) is 48.5 Å². The Balaban J connectivity index is 0.000000201. The molecule has 0 spiro atoms. The van der Waals surface area contributed by atoms with Gasteiger partial charge >= 0.3 is 11.9 Å². The van der Waals surface area contributed by atoms with Crippen LogP contribution in [0.2, 0.25) is 0 Å². The number of hydrogen-bond donors (Lipinski definition) is 1. The van der Waals surface area contributed by atoms with Crippen LogP contribution in [0.1, 0.15) is 105 Å². The third kappa shape index (κ3) is 22.2. The third-order valence-corrected chi connectivity index (χ3v) is 19.8. The maximum atomic E-state index is 13.3. The Morgan fingerprint density at radius 2 is 0.789 bits per heavy atom. The lowest BCUT2D eigenvalue weighted by Crippen LogP contribution is -2.60. The van der Waals surface area contributed by atoms with Crippen molar-refractivity contribution >= 4 is 42.2 Å². The van der Waals surface area contributed by atoms with Gasteiger partial charge in [-0.25, -0.2) is 9.59 Å². The van der Waals surface area contributed by atoms with Crippen LogP contribution in [0.15, 0.2) is 182 Å². The number of hydrogen-bond acceptors (Lipinski definition) is 17. The molecule has 0 bridgehead atoms. The minimum atomic E-state index is -0.858.